The second-order valence-electron chi connectivity index (χ2n) is 7.51. The van der Waals surface area contributed by atoms with Gasteiger partial charge in [-0.25, -0.2) is 9.78 Å². The summed E-state index contributed by atoms with van der Waals surface area (Å²) < 4.78 is 10.7. The van der Waals surface area contributed by atoms with Crippen LogP contribution in [0.25, 0.3) is 0 Å². The maximum Gasteiger partial charge on any atom is 0.321 e. The molecule has 0 spiro atoms. The van der Waals surface area contributed by atoms with Crippen LogP contribution in [0.5, 0.6) is 11.5 Å². The van der Waals surface area contributed by atoms with Crippen LogP contribution in [0.1, 0.15) is 46.6 Å². The molecule has 1 aromatic heterocycles. The highest BCUT2D eigenvalue weighted by atomic mass is 32.1. The molecule has 3 heterocycles. The summed E-state index contributed by atoms with van der Waals surface area (Å²) in [5.41, 5.74) is 1.54. The van der Waals surface area contributed by atoms with Crippen molar-refractivity contribution >= 4 is 28.4 Å². The van der Waals surface area contributed by atoms with Gasteiger partial charge in [-0.15, -0.1) is 0 Å². The van der Waals surface area contributed by atoms with Crippen molar-refractivity contribution in [2.75, 3.05) is 18.7 Å². The highest BCUT2D eigenvalue weighted by Gasteiger charge is 2.27. The lowest BCUT2D eigenvalue weighted by molar-refractivity contribution is 0.0735. The monoisotopic (exact) mass is 414 g/mol. The zero-order valence-corrected chi connectivity index (χ0v) is 16.7. The fourth-order valence-corrected chi connectivity index (χ4v) is 5.04. The normalized spacial score (nSPS) is 17.9. The van der Waals surface area contributed by atoms with Gasteiger partial charge < -0.3 is 19.7 Å². The van der Waals surface area contributed by atoms with E-state index in [1.807, 2.05) is 0 Å². The van der Waals surface area contributed by atoms with E-state index in [1.54, 1.807) is 23.1 Å². The summed E-state index contributed by atoms with van der Waals surface area (Å²) in [5.74, 6) is 1.22. The lowest BCUT2D eigenvalue weighted by atomic mass is 10.1. The molecule has 2 aliphatic heterocycles. The Bertz CT molecular complexity index is 954. The van der Waals surface area contributed by atoms with Crippen molar-refractivity contribution in [2.24, 2.45) is 0 Å². The van der Waals surface area contributed by atoms with Crippen molar-refractivity contribution in [1.82, 2.24) is 15.2 Å². The molecule has 0 radical (unpaired) electrons. The van der Waals surface area contributed by atoms with Gasteiger partial charge in [0.05, 0.1) is 12.2 Å². The minimum atomic E-state index is -0.198. The number of carbonyl (C=O) groups is 2. The standard InChI is InChI=1S/C20H22N4O4S/c25-18(12-5-6-15-16(9-12)28-11-27-15)24-8-7-14-17(10-24)29-20(22-14)23-19(26)21-13-3-1-2-4-13/h5-6,9,13H,1-4,7-8,10-11H2,(H2,21,22,23,26). The van der Waals surface area contributed by atoms with E-state index >= 15 is 0 Å². The first-order chi connectivity index (χ1) is 14.2. The Labute approximate surface area is 172 Å². The zero-order chi connectivity index (χ0) is 19.8. The number of hydrogen-bond donors (Lipinski definition) is 2. The lowest BCUT2D eigenvalue weighted by Gasteiger charge is -2.26. The number of fused-ring (bicyclic) bond motifs is 2. The molecule has 8 nitrogen and oxygen atoms in total. The number of nitrogens with one attached hydrogen (secondary N) is 2. The second kappa shape index (κ2) is 7.55. The number of nitrogens with zero attached hydrogens (tertiary/aromatic N) is 2. The number of thiazole rings is 1. The van der Waals surface area contributed by atoms with E-state index in [0.717, 1.165) is 23.4 Å². The third-order valence-corrected chi connectivity index (χ3v) is 6.55. The number of benzene rings is 1. The van der Waals surface area contributed by atoms with Gasteiger partial charge in [0.15, 0.2) is 16.6 Å². The first-order valence-corrected chi connectivity index (χ1v) is 10.7. The van der Waals surface area contributed by atoms with E-state index in [-0.39, 0.29) is 24.8 Å². The molecule has 2 aromatic rings. The molecule has 0 unspecified atom stereocenters. The number of ether oxygens (including phenoxy) is 2. The van der Waals surface area contributed by atoms with Crippen molar-refractivity contribution in [1.29, 1.82) is 0 Å². The van der Waals surface area contributed by atoms with Crippen LogP contribution in [-0.4, -0.2) is 41.2 Å². The molecule has 3 aliphatic rings. The summed E-state index contributed by atoms with van der Waals surface area (Å²) in [6.07, 6.45) is 5.10. The molecule has 152 valence electrons. The summed E-state index contributed by atoms with van der Waals surface area (Å²) in [5, 5.41) is 6.45. The van der Waals surface area contributed by atoms with Crippen LogP contribution >= 0.6 is 11.3 Å². The van der Waals surface area contributed by atoms with Gasteiger partial charge in [0.2, 0.25) is 6.79 Å². The number of aromatic nitrogens is 1. The molecule has 0 saturated heterocycles. The van der Waals surface area contributed by atoms with Crippen molar-refractivity contribution in [2.45, 2.75) is 44.7 Å². The van der Waals surface area contributed by atoms with Gasteiger partial charge in [0.1, 0.15) is 0 Å². The van der Waals surface area contributed by atoms with E-state index in [9.17, 15) is 9.59 Å². The fraction of sp³-hybridized carbons (Fsp3) is 0.450. The highest BCUT2D eigenvalue weighted by molar-refractivity contribution is 7.15. The van der Waals surface area contributed by atoms with Crippen LogP contribution in [-0.2, 0) is 13.0 Å². The van der Waals surface area contributed by atoms with Crippen LogP contribution in [0, 0.1) is 0 Å². The smallest absolute Gasteiger partial charge is 0.321 e. The predicted octanol–water partition coefficient (Wildman–Crippen LogP) is 3.13. The average molecular weight is 414 g/mol. The first kappa shape index (κ1) is 18.2. The quantitative estimate of drug-likeness (QED) is 0.805. The second-order valence-corrected chi connectivity index (χ2v) is 8.60. The Balaban J connectivity index is 1.24. The third kappa shape index (κ3) is 3.74. The number of carbonyl (C=O) groups excluding carboxylic acids is 2. The molecule has 1 saturated carbocycles. The Morgan fingerprint density at radius 3 is 2.86 bits per heavy atom. The minimum absolute atomic E-state index is 0.0455. The van der Waals surface area contributed by atoms with E-state index in [1.165, 1.54) is 24.2 Å². The van der Waals surface area contributed by atoms with Crippen LogP contribution < -0.4 is 20.1 Å². The fourth-order valence-electron chi connectivity index (χ4n) is 4.02. The summed E-state index contributed by atoms with van der Waals surface area (Å²) in [6, 6.07) is 5.32. The Morgan fingerprint density at radius 1 is 1.17 bits per heavy atom. The molecule has 9 heteroatoms. The number of urea groups is 1. The van der Waals surface area contributed by atoms with Crippen LogP contribution in [0.2, 0.25) is 0 Å². The maximum absolute atomic E-state index is 12.9. The lowest BCUT2D eigenvalue weighted by Crippen LogP contribution is -2.36. The molecule has 5 rings (SSSR count). The van der Waals surface area contributed by atoms with E-state index in [4.69, 9.17) is 9.47 Å². The van der Waals surface area contributed by atoms with Crippen LogP contribution in [0.15, 0.2) is 18.2 Å². The number of amides is 3. The maximum atomic E-state index is 12.9. The molecule has 0 bridgehead atoms. The first-order valence-electron chi connectivity index (χ1n) is 9.91. The van der Waals surface area contributed by atoms with Crippen LogP contribution in [0.4, 0.5) is 9.93 Å². The van der Waals surface area contributed by atoms with E-state index < -0.39 is 0 Å². The summed E-state index contributed by atoms with van der Waals surface area (Å²) in [4.78, 5) is 32.5. The number of anilines is 1. The topological polar surface area (TPSA) is 92.8 Å². The van der Waals surface area contributed by atoms with Gasteiger partial charge in [0.25, 0.3) is 5.91 Å². The molecule has 29 heavy (non-hydrogen) atoms. The zero-order valence-electron chi connectivity index (χ0n) is 15.9. The molecule has 0 atom stereocenters. The van der Waals surface area contributed by atoms with E-state index in [0.29, 0.717) is 41.7 Å². The van der Waals surface area contributed by atoms with Gasteiger partial charge in [0, 0.05) is 29.4 Å². The van der Waals surface area contributed by atoms with Gasteiger partial charge in [-0.1, -0.05) is 24.2 Å². The predicted molar refractivity (Wildman–Crippen MR) is 108 cm³/mol. The molecule has 3 amide bonds. The number of rotatable bonds is 3. The molecular weight excluding hydrogens is 392 g/mol. The summed E-state index contributed by atoms with van der Waals surface area (Å²) in [6.45, 7) is 1.27. The Morgan fingerprint density at radius 2 is 2.00 bits per heavy atom. The van der Waals surface area contributed by atoms with Crippen molar-refractivity contribution in [3.8, 4) is 11.5 Å². The summed E-state index contributed by atoms with van der Waals surface area (Å²) >= 11 is 1.44. The van der Waals surface area contributed by atoms with Gasteiger partial charge in [-0.05, 0) is 31.0 Å². The van der Waals surface area contributed by atoms with Gasteiger partial charge in [-0.3, -0.25) is 10.1 Å². The Hall–Kier alpha value is -2.81. The molecule has 2 N–H and O–H groups in total. The van der Waals surface area contributed by atoms with Gasteiger partial charge >= 0.3 is 6.03 Å². The summed E-state index contributed by atoms with van der Waals surface area (Å²) in [7, 11) is 0. The number of hydrogen-bond acceptors (Lipinski definition) is 6. The Kier molecular flexibility index (Phi) is 4.75. The minimum Gasteiger partial charge on any atom is -0.454 e. The third-order valence-electron chi connectivity index (χ3n) is 5.55. The van der Waals surface area contributed by atoms with Crippen molar-refractivity contribution in [3.05, 3.63) is 34.3 Å². The molecular formula is C20H22N4O4S. The van der Waals surface area contributed by atoms with Crippen LogP contribution in [0.3, 0.4) is 0 Å². The molecule has 1 aromatic carbocycles. The van der Waals surface area contributed by atoms with E-state index in [2.05, 4.69) is 15.6 Å². The van der Waals surface area contributed by atoms with Crippen molar-refractivity contribution < 1.29 is 19.1 Å². The highest BCUT2D eigenvalue weighted by Crippen LogP contribution is 2.34. The average Bonchev–Trinajstić information content (AvgIpc) is 3.46. The SMILES string of the molecule is O=C(Nc1nc2c(s1)CN(C(=O)c1ccc3c(c1)OCO3)CC2)NC1CCCC1. The largest absolute Gasteiger partial charge is 0.454 e. The van der Waals surface area contributed by atoms with Gasteiger partial charge in [-0.2, -0.15) is 0 Å². The molecule has 1 fully saturated rings. The molecule has 1 aliphatic carbocycles. The van der Waals surface area contributed by atoms with Crippen molar-refractivity contribution in [3.63, 3.8) is 0 Å².